The minimum Gasteiger partial charge on any atom is -0.506 e. The fourth-order valence-corrected chi connectivity index (χ4v) is 0.937. The summed E-state index contributed by atoms with van der Waals surface area (Å²) in [5.74, 6) is -0.818. The molecule has 1 rings (SSSR count). The maximum atomic E-state index is 10.6. The molecule has 0 aromatic heterocycles. The van der Waals surface area contributed by atoms with Gasteiger partial charge in [-0.2, -0.15) is 0 Å². The van der Waals surface area contributed by atoms with Gasteiger partial charge in [-0.05, 0) is 12.1 Å². The van der Waals surface area contributed by atoms with Crippen molar-refractivity contribution in [2.75, 3.05) is 0 Å². The highest BCUT2D eigenvalue weighted by molar-refractivity contribution is 7.80. The number of phenols is 1. The molecule has 58 valence electrons. The van der Waals surface area contributed by atoms with Crippen LogP contribution in [0.1, 0.15) is 10.4 Å². The number of para-hydroxylation sites is 1. The molecule has 11 heavy (non-hydrogen) atoms. The summed E-state index contributed by atoms with van der Waals surface area (Å²) >= 11 is 3.90. The third-order valence-corrected chi connectivity index (χ3v) is 1.64. The summed E-state index contributed by atoms with van der Waals surface area (Å²) in [5.41, 5.74) is 5.05. The third kappa shape index (κ3) is 1.46. The Labute approximate surface area is 69.2 Å². The highest BCUT2D eigenvalue weighted by Gasteiger charge is 2.07. The molecule has 0 unspecified atom stereocenters. The fraction of sp³-hybridized carbons (Fsp3) is 0. The van der Waals surface area contributed by atoms with Gasteiger partial charge in [-0.1, -0.05) is 6.07 Å². The van der Waals surface area contributed by atoms with Crippen molar-refractivity contribution < 1.29 is 9.90 Å². The van der Waals surface area contributed by atoms with Crippen molar-refractivity contribution in [2.24, 2.45) is 5.73 Å². The van der Waals surface area contributed by atoms with Gasteiger partial charge in [-0.3, -0.25) is 4.79 Å². The second-order valence-electron chi connectivity index (χ2n) is 2.04. The van der Waals surface area contributed by atoms with Crippen molar-refractivity contribution in [3.63, 3.8) is 0 Å². The number of hydrogen-bond donors (Lipinski definition) is 3. The number of aromatic hydroxyl groups is 1. The van der Waals surface area contributed by atoms with E-state index in [0.29, 0.717) is 4.90 Å². The van der Waals surface area contributed by atoms with Gasteiger partial charge in [0.1, 0.15) is 5.75 Å². The lowest BCUT2D eigenvalue weighted by molar-refractivity contribution is 0.0997. The van der Waals surface area contributed by atoms with E-state index in [4.69, 9.17) is 5.73 Å². The van der Waals surface area contributed by atoms with E-state index >= 15 is 0 Å². The lowest BCUT2D eigenvalue weighted by Crippen LogP contribution is -2.10. The molecule has 3 N–H and O–H groups in total. The topological polar surface area (TPSA) is 63.3 Å². The molecule has 0 aliphatic heterocycles. The molecular weight excluding hydrogens is 162 g/mol. The van der Waals surface area contributed by atoms with Crippen LogP contribution in [-0.4, -0.2) is 11.0 Å². The van der Waals surface area contributed by atoms with E-state index in [1.807, 2.05) is 0 Å². The summed E-state index contributed by atoms with van der Waals surface area (Å²) in [6.45, 7) is 0. The summed E-state index contributed by atoms with van der Waals surface area (Å²) in [7, 11) is 0. The molecule has 0 aliphatic rings. The van der Waals surface area contributed by atoms with Crippen LogP contribution in [0.4, 0.5) is 0 Å². The van der Waals surface area contributed by atoms with Crippen molar-refractivity contribution >= 4 is 18.5 Å². The van der Waals surface area contributed by atoms with Gasteiger partial charge in [0.2, 0.25) is 0 Å². The van der Waals surface area contributed by atoms with Gasteiger partial charge in [-0.15, -0.1) is 12.6 Å². The zero-order chi connectivity index (χ0) is 8.43. The van der Waals surface area contributed by atoms with Crippen LogP contribution in [-0.2, 0) is 0 Å². The Morgan fingerprint density at radius 3 is 2.64 bits per heavy atom. The van der Waals surface area contributed by atoms with Gasteiger partial charge in [0.15, 0.2) is 0 Å². The van der Waals surface area contributed by atoms with Crippen molar-refractivity contribution in [1.29, 1.82) is 0 Å². The Bertz CT molecular complexity index is 298. The molecule has 3 nitrogen and oxygen atoms in total. The maximum Gasteiger partial charge on any atom is 0.252 e. The van der Waals surface area contributed by atoms with Crippen LogP contribution in [0.3, 0.4) is 0 Å². The van der Waals surface area contributed by atoms with E-state index in [-0.39, 0.29) is 11.3 Å². The van der Waals surface area contributed by atoms with Crippen LogP contribution < -0.4 is 5.73 Å². The first-order chi connectivity index (χ1) is 5.13. The number of carbonyl (C=O) groups excluding carboxylic acids is 1. The van der Waals surface area contributed by atoms with Gasteiger partial charge >= 0.3 is 0 Å². The highest BCUT2D eigenvalue weighted by atomic mass is 32.1. The summed E-state index contributed by atoms with van der Waals surface area (Å²) < 4.78 is 0. The van der Waals surface area contributed by atoms with Crippen LogP contribution in [0.2, 0.25) is 0 Å². The number of amides is 1. The molecule has 0 saturated carbocycles. The van der Waals surface area contributed by atoms with Gasteiger partial charge in [0.05, 0.1) is 5.56 Å². The molecule has 4 heteroatoms. The van der Waals surface area contributed by atoms with Crippen LogP contribution >= 0.6 is 12.6 Å². The summed E-state index contributed by atoms with van der Waals surface area (Å²) in [6, 6.07) is 4.62. The van der Waals surface area contributed by atoms with Gasteiger partial charge in [0.25, 0.3) is 5.91 Å². The Hall–Kier alpha value is -1.16. The van der Waals surface area contributed by atoms with E-state index in [2.05, 4.69) is 12.6 Å². The number of benzene rings is 1. The zero-order valence-electron chi connectivity index (χ0n) is 5.61. The zero-order valence-corrected chi connectivity index (χ0v) is 6.51. The smallest absolute Gasteiger partial charge is 0.252 e. The average molecular weight is 169 g/mol. The number of primary amides is 1. The standard InChI is InChI=1S/C7H7NO2S/c8-7(10)4-2-1-3-5(11)6(4)9/h1-3,9,11H,(H2,8,10). The normalized spacial score (nSPS) is 9.55. The molecule has 0 saturated heterocycles. The van der Waals surface area contributed by atoms with Gasteiger partial charge < -0.3 is 10.8 Å². The number of hydrogen-bond acceptors (Lipinski definition) is 3. The van der Waals surface area contributed by atoms with Crippen molar-refractivity contribution in [2.45, 2.75) is 4.90 Å². The predicted molar refractivity (Wildman–Crippen MR) is 43.9 cm³/mol. The second kappa shape index (κ2) is 2.84. The molecular formula is C7H7NO2S. The molecule has 0 atom stereocenters. The maximum absolute atomic E-state index is 10.6. The first-order valence-electron chi connectivity index (χ1n) is 2.93. The van der Waals surface area contributed by atoms with Crippen LogP contribution in [0, 0.1) is 0 Å². The monoisotopic (exact) mass is 169 g/mol. The third-order valence-electron chi connectivity index (χ3n) is 1.28. The van der Waals surface area contributed by atoms with Crippen molar-refractivity contribution in [3.05, 3.63) is 23.8 Å². The van der Waals surface area contributed by atoms with Crippen LogP contribution in [0.15, 0.2) is 23.1 Å². The van der Waals surface area contributed by atoms with Crippen molar-refractivity contribution in [3.8, 4) is 5.75 Å². The summed E-state index contributed by atoms with van der Waals surface area (Å²) in [4.78, 5) is 11.0. The van der Waals surface area contributed by atoms with Crippen molar-refractivity contribution in [1.82, 2.24) is 0 Å². The first kappa shape index (κ1) is 7.94. The summed E-state index contributed by atoms with van der Waals surface area (Å²) in [5, 5.41) is 9.19. The van der Waals surface area contributed by atoms with Gasteiger partial charge in [0, 0.05) is 4.90 Å². The second-order valence-corrected chi connectivity index (χ2v) is 2.52. The number of carbonyl (C=O) groups is 1. The van der Waals surface area contributed by atoms with E-state index in [1.54, 1.807) is 12.1 Å². The molecule has 0 bridgehead atoms. The van der Waals surface area contributed by atoms with Gasteiger partial charge in [-0.25, -0.2) is 0 Å². The minimum atomic E-state index is -0.654. The van der Waals surface area contributed by atoms with Crippen LogP contribution in [0.5, 0.6) is 5.75 Å². The minimum absolute atomic E-state index is 0.0949. The van der Waals surface area contributed by atoms with E-state index in [9.17, 15) is 9.90 Å². The Balaban J connectivity index is 3.27. The lowest BCUT2D eigenvalue weighted by Gasteiger charge is -2.00. The van der Waals surface area contributed by atoms with E-state index < -0.39 is 5.91 Å². The molecule has 1 aromatic carbocycles. The average Bonchev–Trinajstić information content (AvgIpc) is 1.94. The van der Waals surface area contributed by atoms with Crippen LogP contribution in [0.25, 0.3) is 0 Å². The number of nitrogens with two attached hydrogens (primary N) is 1. The van der Waals surface area contributed by atoms with E-state index in [1.165, 1.54) is 6.07 Å². The Morgan fingerprint density at radius 2 is 2.18 bits per heavy atom. The Kier molecular flexibility index (Phi) is 2.05. The molecule has 0 fully saturated rings. The Morgan fingerprint density at radius 1 is 1.55 bits per heavy atom. The first-order valence-corrected chi connectivity index (χ1v) is 3.38. The molecule has 0 heterocycles. The molecule has 1 aromatic rings. The quantitative estimate of drug-likeness (QED) is 0.544. The number of rotatable bonds is 1. The highest BCUT2D eigenvalue weighted by Crippen LogP contribution is 2.24. The molecule has 0 radical (unpaired) electrons. The van der Waals surface area contributed by atoms with E-state index in [0.717, 1.165) is 0 Å². The number of thiol groups is 1. The largest absolute Gasteiger partial charge is 0.506 e. The molecule has 1 amide bonds. The predicted octanol–water partition coefficient (Wildman–Crippen LogP) is 0.780. The summed E-state index contributed by atoms with van der Waals surface area (Å²) in [6.07, 6.45) is 0. The SMILES string of the molecule is NC(=O)c1cccc(S)c1O. The molecule has 0 spiro atoms. The molecule has 0 aliphatic carbocycles. The lowest BCUT2D eigenvalue weighted by atomic mass is 10.2. The fourth-order valence-electron chi connectivity index (χ4n) is 0.730.